The number of hydrogen-bond donors (Lipinski definition) is 0. The zero-order chi connectivity index (χ0) is 15.7. The van der Waals surface area contributed by atoms with Crippen LogP contribution in [0.3, 0.4) is 0 Å². The molecular formula is C17H23NO3S2. The first kappa shape index (κ1) is 15.9. The molecule has 6 heteroatoms. The number of carbonyl (C=O) groups excluding carboxylic acids is 1. The number of thiophene rings is 1. The van der Waals surface area contributed by atoms with E-state index in [2.05, 4.69) is 0 Å². The average Bonchev–Trinajstić information content (AvgIpc) is 3.22. The molecule has 126 valence electrons. The fourth-order valence-electron chi connectivity index (χ4n) is 3.68. The Morgan fingerprint density at radius 1 is 1.39 bits per heavy atom. The number of rotatable bonds is 4. The summed E-state index contributed by atoms with van der Waals surface area (Å²) in [5.74, 6) is 1.93. The Labute approximate surface area is 145 Å². The molecular weight excluding hydrogens is 330 g/mol. The summed E-state index contributed by atoms with van der Waals surface area (Å²) >= 11 is 3.59. The van der Waals surface area contributed by atoms with Gasteiger partial charge in [-0.05, 0) is 36.6 Å². The van der Waals surface area contributed by atoms with Gasteiger partial charge in [0.2, 0.25) is 0 Å². The van der Waals surface area contributed by atoms with Crippen molar-refractivity contribution in [2.24, 2.45) is 5.92 Å². The van der Waals surface area contributed by atoms with Gasteiger partial charge < -0.3 is 14.4 Å². The van der Waals surface area contributed by atoms with Crippen LogP contribution in [0.5, 0.6) is 0 Å². The van der Waals surface area contributed by atoms with E-state index >= 15 is 0 Å². The van der Waals surface area contributed by atoms with Crippen molar-refractivity contribution in [2.45, 2.75) is 30.1 Å². The van der Waals surface area contributed by atoms with E-state index in [1.165, 1.54) is 0 Å². The summed E-state index contributed by atoms with van der Waals surface area (Å²) < 4.78 is 11.8. The molecule has 0 aromatic carbocycles. The molecule has 1 atom stereocenters. The molecule has 0 unspecified atom stereocenters. The van der Waals surface area contributed by atoms with Crippen LogP contribution in [0.1, 0.15) is 29.6 Å². The van der Waals surface area contributed by atoms with Crippen molar-refractivity contribution in [3.8, 4) is 0 Å². The second kappa shape index (κ2) is 6.75. The lowest BCUT2D eigenvalue weighted by Gasteiger charge is -2.47. The van der Waals surface area contributed by atoms with Crippen LogP contribution in [-0.4, -0.2) is 60.3 Å². The van der Waals surface area contributed by atoms with Crippen LogP contribution in [-0.2, 0) is 9.47 Å². The number of likely N-dealkylation sites (tertiary alicyclic amines) is 1. The maximum atomic E-state index is 12.3. The molecule has 1 spiro atoms. The zero-order valence-corrected chi connectivity index (χ0v) is 14.9. The van der Waals surface area contributed by atoms with Crippen LogP contribution < -0.4 is 0 Å². The van der Waals surface area contributed by atoms with Crippen LogP contribution in [0.15, 0.2) is 16.8 Å². The quantitative estimate of drug-likeness (QED) is 0.834. The highest BCUT2D eigenvalue weighted by molar-refractivity contribution is 8.01. The van der Waals surface area contributed by atoms with Crippen LogP contribution in [0.4, 0.5) is 0 Å². The predicted octanol–water partition coefficient (Wildman–Crippen LogP) is 2.89. The maximum absolute atomic E-state index is 12.3. The maximum Gasteiger partial charge on any atom is 0.254 e. The van der Waals surface area contributed by atoms with E-state index in [0.717, 1.165) is 63.5 Å². The highest BCUT2D eigenvalue weighted by Gasteiger charge is 2.51. The minimum Gasteiger partial charge on any atom is -0.381 e. The minimum atomic E-state index is 0.184. The zero-order valence-electron chi connectivity index (χ0n) is 13.2. The Bertz CT molecular complexity index is 536. The monoisotopic (exact) mass is 353 g/mol. The summed E-state index contributed by atoms with van der Waals surface area (Å²) in [7, 11) is 0. The van der Waals surface area contributed by atoms with Crippen LogP contribution in [0.25, 0.3) is 0 Å². The third-order valence-electron chi connectivity index (χ3n) is 5.10. The van der Waals surface area contributed by atoms with E-state index in [0.29, 0.717) is 12.0 Å². The van der Waals surface area contributed by atoms with E-state index in [9.17, 15) is 4.79 Å². The third-order valence-corrected chi connectivity index (χ3v) is 7.36. The Morgan fingerprint density at radius 2 is 2.22 bits per heavy atom. The molecule has 3 saturated heterocycles. The van der Waals surface area contributed by atoms with Crippen LogP contribution in [0.2, 0.25) is 0 Å². The summed E-state index contributed by atoms with van der Waals surface area (Å²) in [6.45, 7) is 4.41. The number of amides is 1. The molecule has 0 N–H and O–H groups in total. The molecule has 1 aromatic rings. The van der Waals surface area contributed by atoms with E-state index in [1.54, 1.807) is 11.3 Å². The molecule has 0 aliphatic carbocycles. The van der Waals surface area contributed by atoms with Gasteiger partial charge in [-0.15, -0.1) is 11.8 Å². The first-order chi connectivity index (χ1) is 11.2. The lowest BCUT2D eigenvalue weighted by atomic mass is 9.92. The Balaban J connectivity index is 1.23. The fraction of sp³-hybridized carbons (Fsp3) is 0.706. The first-order valence-electron chi connectivity index (χ1n) is 8.39. The largest absolute Gasteiger partial charge is 0.381 e. The normalized spacial score (nSPS) is 27.3. The number of ether oxygens (including phenoxy) is 2. The standard InChI is InChI=1S/C17H23NO3S2/c19-16(14-3-6-22-9-14)18-11-17(12-18)7-15(10-23-17)21-8-13-1-4-20-5-2-13/h3,6,9,13,15H,1-2,4-5,7-8,10-12H2/t15-/m0/s1. The van der Waals surface area contributed by atoms with Gasteiger partial charge in [0.25, 0.3) is 5.91 Å². The van der Waals surface area contributed by atoms with Gasteiger partial charge in [0.15, 0.2) is 0 Å². The Kier molecular flexibility index (Phi) is 4.67. The molecule has 3 aliphatic rings. The first-order valence-corrected chi connectivity index (χ1v) is 10.3. The summed E-state index contributed by atoms with van der Waals surface area (Å²) in [4.78, 5) is 14.3. The molecule has 0 saturated carbocycles. The topological polar surface area (TPSA) is 38.8 Å². The summed E-state index contributed by atoms with van der Waals surface area (Å²) in [6, 6.07) is 1.92. The van der Waals surface area contributed by atoms with E-state index < -0.39 is 0 Å². The molecule has 1 aromatic heterocycles. The van der Waals surface area contributed by atoms with Gasteiger partial charge in [-0.3, -0.25) is 4.79 Å². The molecule has 1 amide bonds. The van der Waals surface area contributed by atoms with Crippen LogP contribution >= 0.6 is 23.1 Å². The van der Waals surface area contributed by atoms with Gasteiger partial charge in [0.05, 0.1) is 16.4 Å². The number of nitrogens with zero attached hydrogens (tertiary/aromatic N) is 1. The average molecular weight is 354 g/mol. The SMILES string of the molecule is O=C(c1ccsc1)N1CC2(C[C@H](OCC3CCOCC3)CS2)C1. The molecule has 0 radical (unpaired) electrons. The summed E-state index contributed by atoms with van der Waals surface area (Å²) in [5, 5.41) is 3.90. The summed E-state index contributed by atoms with van der Waals surface area (Å²) in [5.41, 5.74) is 0.833. The highest BCUT2D eigenvalue weighted by atomic mass is 32.2. The van der Waals surface area contributed by atoms with Gasteiger partial charge >= 0.3 is 0 Å². The van der Waals surface area contributed by atoms with Crippen molar-refractivity contribution in [3.63, 3.8) is 0 Å². The van der Waals surface area contributed by atoms with E-state index in [1.807, 2.05) is 33.5 Å². The van der Waals surface area contributed by atoms with Gasteiger partial charge in [0, 0.05) is 44.0 Å². The highest BCUT2D eigenvalue weighted by Crippen LogP contribution is 2.46. The Morgan fingerprint density at radius 3 is 2.96 bits per heavy atom. The van der Waals surface area contributed by atoms with Crippen molar-refractivity contribution >= 4 is 29.0 Å². The van der Waals surface area contributed by atoms with Gasteiger partial charge in [-0.1, -0.05) is 0 Å². The second-order valence-corrected chi connectivity index (χ2v) is 9.15. The lowest BCUT2D eigenvalue weighted by molar-refractivity contribution is -0.0118. The number of thioether (sulfide) groups is 1. The van der Waals surface area contributed by atoms with E-state index in [-0.39, 0.29) is 10.7 Å². The van der Waals surface area contributed by atoms with Gasteiger partial charge in [0.1, 0.15) is 0 Å². The fourth-order valence-corrected chi connectivity index (χ4v) is 5.86. The third kappa shape index (κ3) is 3.45. The predicted molar refractivity (Wildman–Crippen MR) is 93.3 cm³/mol. The molecule has 3 fully saturated rings. The summed E-state index contributed by atoms with van der Waals surface area (Å²) in [6.07, 6.45) is 3.72. The lowest BCUT2D eigenvalue weighted by Crippen LogP contribution is -2.60. The molecule has 23 heavy (non-hydrogen) atoms. The molecule has 3 aliphatic heterocycles. The number of carbonyl (C=O) groups is 1. The smallest absolute Gasteiger partial charge is 0.254 e. The van der Waals surface area contributed by atoms with Crippen molar-refractivity contribution in [3.05, 3.63) is 22.4 Å². The van der Waals surface area contributed by atoms with Crippen molar-refractivity contribution < 1.29 is 14.3 Å². The second-order valence-electron chi connectivity index (χ2n) is 6.88. The molecule has 4 heterocycles. The van der Waals surface area contributed by atoms with Crippen molar-refractivity contribution in [2.75, 3.05) is 38.7 Å². The number of hydrogen-bond acceptors (Lipinski definition) is 5. The molecule has 4 rings (SSSR count). The molecule has 0 bridgehead atoms. The van der Waals surface area contributed by atoms with Gasteiger partial charge in [-0.2, -0.15) is 11.3 Å². The minimum absolute atomic E-state index is 0.184. The van der Waals surface area contributed by atoms with Gasteiger partial charge in [-0.25, -0.2) is 0 Å². The van der Waals surface area contributed by atoms with Crippen LogP contribution in [0, 0.1) is 5.92 Å². The molecule has 4 nitrogen and oxygen atoms in total. The van der Waals surface area contributed by atoms with Crippen molar-refractivity contribution in [1.29, 1.82) is 0 Å². The van der Waals surface area contributed by atoms with E-state index in [4.69, 9.17) is 9.47 Å². The Hall–Kier alpha value is -0.560. The van der Waals surface area contributed by atoms with Crippen molar-refractivity contribution in [1.82, 2.24) is 4.90 Å².